The van der Waals surface area contributed by atoms with E-state index in [-0.39, 0.29) is 24.8 Å². The highest BCUT2D eigenvalue weighted by Crippen LogP contribution is 2.08. The van der Waals surface area contributed by atoms with Crippen molar-refractivity contribution in [1.82, 2.24) is 5.32 Å². The molecule has 0 radical (unpaired) electrons. The van der Waals surface area contributed by atoms with Crippen LogP contribution in [0.15, 0.2) is 16.5 Å². The van der Waals surface area contributed by atoms with Crippen LogP contribution in [0.4, 0.5) is 0 Å². The molecule has 0 saturated heterocycles. The summed E-state index contributed by atoms with van der Waals surface area (Å²) < 4.78 is 9.56. The standard InChI is InChI=1S/C9H12N2O4/c1-14-9(13)7-3-2-6(15-7)5-11-8(12)4-10/h2-3H,4-5,10H2,1H3,(H,11,12). The van der Waals surface area contributed by atoms with Gasteiger partial charge in [-0.05, 0) is 12.1 Å². The molecule has 1 amide bonds. The minimum atomic E-state index is -0.550. The summed E-state index contributed by atoms with van der Waals surface area (Å²) in [7, 11) is 1.26. The van der Waals surface area contributed by atoms with Gasteiger partial charge in [0, 0.05) is 0 Å². The van der Waals surface area contributed by atoms with E-state index in [4.69, 9.17) is 10.2 Å². The van der Waals surface area contributed by atoms with Gasteiger partial charge in [-0.3, -0.25) is 4.79 Å². The van der Waals surface area contributed by atoms with Crippen LogP contribution in [0, 0.1) is 0 Å². The maximum atomic E-state index is 11.0. The lowest BCUT2D eigenvalue weighted by Gasteiger charge is -1.99. The van der Waals surface area contributed by atoms with Gasteiger partial charge < -0.3 is 20.2 Å². The Morgan fingerprint density at radius 2 is 2.27 bits per heavy atom. The summed E-state index contributed by atoms with van der Waals surface area (Å²) in [4.78, 5) is 21.8. The number of furan rings is 1. The zero-order valence-electron chi connectivity index (χ0n) is 8.28. The third-order valence-electron chi connectivity index (χ3n) is 1.69. The quantitative estimate of drug-likeness (QED) is 0.664. The molecule has 1 aromatic rings. The summed E-state index contributed by atoms with van der Waals surface area (Å²) in [6.45, 7) is 0.123. The first kappa shape index (κ1) is 11.3. The number of amides is 1. The molecule has 0 bridgehead atoms. The number of hydrogen-bond acceptors (Lipinski definition) is 5. The van der Waals surface area contributed by atoms with E-state index in [1.807, 2.05) is 0 Å². The van der Waals surface area contributed by atoms with Crippen LogP contribution in [0.1, 0.15) is 16.3 Å². The van der Waals surface area contributed by atoms with E-state index in [2.05, 4.69) is 10.1 Å². The Kier molecular flexibility index (Phi) is 3.87. The van der Waals surface area contributed by atoms with Gasteiger partial charge in [-0.1, -0.05) is 0 Å². The second-order valence-electron chi connectivity index (χ2n) is 2.74. The van der Waals surface area contributed by atoms with E-state index >= 15 is 0 Å². The van der Waals surface area contributed by atoms with Crippen molar-refractivity contribution in [3.05, 3.63) is 23.7 Å². The smallest absolute Gasteiger partial charge is 0.373 e. The molecule has 0 atom stereocenters. The molecule has 0 aliphatic carbocycles. The molecular weight excluding hydrogens is 200 g/mol. The predicted molar refractivity (Wildman–Crippen MR) is 50.9 cm³/mol. The van der Waals surface area contributed by atoms with E-state index in [1.165, 1.54) is 13.2 Å². The van der Waals surface area contributed by atoms with Gasteiger partial charge in [0.2, 0.25) is 11.7 Å². The van der Waals surface area contributed by atoms with Crippen molar-refractivity contribution in [3.8, 4) is 0 Å². The molecule has 1 rings (SSSR count). The zero-order valence-corrected chi connectivity index (χ0v) is 8.28. The fraction of sp³-hybridized carbons (Fsp3) is 0.333. The van der Waals surface area contributed by atoms with E-state index in [9.17, 15) is 9.59 Å². The van der Waals surface area contributed by atoms with Gasteiger partial charge in [-0.2, -0.15) is 0 Å². The van der Waals surface area contributed by atoms with Crippen molar-refractivity contribution in [2.45, 2.75) is 6.54 Å². The molecule has 0 aliphatic heterocycles. The first-order valence-corrected chi connectivity index (χ1v) is 4.31. The Hall–Kier alpha value is -1.82. The molecule has 0 unspecified atom stereocenters. The topological polar surface area (TPSA) is 94.6 Å². The van der Waals surface area contributed by atoms with Crippen molar-refractivity contribution in [1.29, 1.82) is 0 Å². The molecule has 1 aromatic heterocycles. The fourth-order valence-electron chi connectivity index (χ4n) is 0.941. The number of nitrogens with two attached hydrogens (primary N) is 1. The Balaban J connectivity index is 2.53. The van der Waals surface area contributed by atoms with Crippen LogP contribution in [0.2, 0.25) is 0 Å². The van der Waals surface area contributed by atoms with Crippen LogP contribution in [0.3, 0.4) is 0 Å². The van der Waals surface area contributed by atoms with E-state index in [1.54, 1.807) is 6.07 Å². The Bertz CT molecular complexity index is 359. The summed E-state index contributed by atoms with van der Waals surface area (Å²) in [5.41, 5.74) is 5.09. The van der Waals surface area contributed by atoms with Gasteiger partial charge in [0.15, 0.2) is 0 Å². The molecule has 0 aromatic carbocycles. The lowest BCUT2D eigenvalue weighted by Crippen LogP contribution is -2.29. The first-order chi connectivity index (χ1) is 7.17. The van der Waals surface area contributed by atoms with E-state index in [0.717, 1.165) is 0 Å². The minimum Gasteiger partial charge on any atom is -0.463 e. The Labute approximate surface area is 86.4 Å². The number of rotatable bonds is 4. The number of carbonyl (C=O) groups is 2. The van der Waals surface area contributed by atoms with Gasteiger partial charge >= 0.3 is 5.97 Å². The molecular formula is C9H12N2O4. The molecule has 0 saturated carbocycles. The number of methoxy groups -OCH3 is 1. The highest BCUT2D eigenvalue weighted by molar-refractivity contribution is 5.86. The maximum absolute atomic E-state index is 11.0. The van der Waals surface area contributed by atoms with Crippen LogP contribution in [0.5, 0.6) is 0 Å². The largest absolute Gasteiger partial charge is 0.463 e. The van der Waals surface area contributed by atoms with Crippen LogP contribution in [0.25, 0.3) is 0 Å². The monoisotopic (exact) mass is 212 g/mol. The minimum absolute atomic E-state index is 0.0788. The maximum Gasteiger partial charge on any atom is 0.373 e. The third-order valence-corrected chi connectivity index (χ3v) is 1.69. The molecule has 82 valence electrons. The summed E-state index contributed by atoms with van der Waals surface area (Å²) in [5.74, 6) is -0.260. The van der Waals surface area contributed by atoms with Crippen molar-refractivity contribution in [2.75, 3.05) is 13.7 Å². The first-order valence-electron chi connectivity index (χ1n) is 4.31. The average molecular weight is 212 g/mol. The van der Waals surface area contributed by atoms with Gasteiger partial charge in [-0.15, -0.1) is 0 Å². The number of carbonyl (C=O) groups excluding carboxylic acids is 2. The Morgan fingerprint density at radius 1 is 1.53 bits per heavy atom. The Morgan fingerprint density at radius 3 is 2.87 bits per heavy atom. The summed E-state index contributed by atoms with van der Waals surface area (Å²) in [5, 5.41) is 2.51. The molecule has 6 nitrogen and oxygen atoms in total. The SMILES string of the molecule is COC(=O)c1ccc(CNC(=O)CN)o1. The van der Waals surface area contributed by atoms with Gasteiger partial charge in [0.05, 0.1) is 20.2 Å². The molecule has 6 heteroatoms. The van der Waals surface area contributed by atoms with Crippen LogP contribution in [-0.4, -0.2) is 25.5 Å². The molecule has 15 heavy (non-hydrogen) atoms. The van der Waals surface area contributed by atoms with E-state index in [0.29, 0.717) is 5.76 Å². The van der Waals surface area contributed by atoms with Crippen LogP contribution in [-0.2, 0) is 16.1 Å². The lowest BCUT2D eigenvalue weighted by molar-refractivity contribution is -0.119. The van der Waals surface area contributed by atoms with Crippen LogP contribution < -0.4 is 11.1 Å². The van der Waals surface area contributed by atoms with Crippen molar-refractivity contribution in [3.63, 3.8) is 0 Å². The second kappa shape index (κ2) is 5.16. The summed E-state index contributed by atoms with van der Waals surface area (Å²) in [6, 6.07) is 3.07. The molecule has 3 N–H and O–H groups in total. The highest BCUT2D eigenvalue weighted by Gasteiger charge is 2.10. The predicted octanol–water partition coefficient (Wildman–Crippen LogP) is -0.359. The molecule has 0 spiro atoms. The van der Waals surface area contributed by atoms with Crippen molar-refractivity contribution in [2.24, 2.45) is 5.73 Å². The fourth-order valence-corrected chi connectivity index (χ4v) is 0.941. The van der Waals surface area contributed by atoms with Crippen LogP contribution >= 0.6 is 0 Å². The number of hydrogen-bond donors (Lipinski definition) is 2. The van der Waals surface area contributed by atoms with Crippen molar-refractivity contribution >= 4 is 11.9 Å². The molecule has 0 fully saturated rings. The third kappa shape index (κ3) is 3.10. The summed E-state index contributed by atoms with van der Waals surface area (Å²) >= 11 is 0. The number of nitrogens with one attached hydrogen (secondary N) is 1. The lowest BCUT2D eigenvalue weighted by atomic mass is 10.4. The average Bonchev–Trinajstić information content (AvgIpc) is 2.73. The number of ether oxygens (including phenoxy) is 1. The number of esters is 1. The van der Waals surface area contributed by atoms with Crippen molar-refractivity contribution < 1.29 is 18.7 Å². The van der Waals surface area contributed by atoms with Gasteiger partial charge in [0.1, 0.15) is 5.76 Å². The molecule has 0 aliphatic rings. The normalized spacial score (nSPS) is 9.73. The second-order valence-corrected chi connectivity index (χ2v) is 2.74. The van der Waals surface area contributed by atoms with Gasteiger partial charge in [0.25, 0.3) is 0 Å². The zero-order chi connectivity index (χ0) is 11.3. The molecule has 1 heterocycles. The van der Waals surface area contributed by atoms with E-state index < -0.39 is 5.97 Å². The van der Waals surface area contributed by atoms with Gasteiger partial charge in [-0.25, -0.2) is 4.79 Å². The summed E-state index contributed by atoms with van der Waals surface area (Å²) in [6.07, 6.45) is 0. The highest BCUT2D eigenvalue weighted by atomic mass is 16.5.